The minimum atomic E-state index is -1.21. The molecule has 3 heterocycles. The van der Waals surface area contributed by atoms with E-state index < -0.39 is 24.1 Å². The van der Waals surface area contributed by atoms with Crippen LogP contribution in [0.25, 0.3) is 16.9 Å². The van der Waals surface area contributed by atoms with Gasteiger partial charge in [0.2, 0.25) is 12.7 Å². The maximum atomic E-state index is 15.0. The molecule has 1 aliphatic heterocycles. The van der Waals surface area contributed by atoms with Crippen LogP contribution >= 0.6 is 0 Å². The lowest BCUT2D eigenvalue weighted by Crippen LogP contribution is -2.15. The van der Waals surface area contributed by atoms with Gasteiger partial charge in [0.15, 0.2) is 11.5 Å². The van der Waals surface area contributed by atoms with Crippen LogP contribution in [0.15, 0.2) is 48.5 Å². The van der Waals surface area contributed by atoms with Gasteiger partial charge in [-0.1, -0.05) is 6.07 Å². The second-order valence-electron chi connectivity index (χ2n) is 7.07. The Hall–Kier alpha value is -4.08. The van der Waals surface area contributed by atoms with Crippen molar-refractivity contribution >= 4 is 17.2 Å². The van der Waals surface area contributed by atoms with Crippen LogP contribution in [0.1, 0.15) is 0 Å². The van der Waals surface area contributed by atoms with Crippen molar-refractivity contribution in [3.05, 3.63) is 60.2 Å². The highest BCUT2D eigenvalue weighted by Gasteiger charge is 2.24. The molecule has 0 spiro atoms. The van der Waals surface area contributed by atoms with Gasteiger partial charge < -0.3 is 24.3 Å². The van der Waals surface area contributed by atoms with Crippen molar-refractivity contribution in [1.82, 2.24) is 9.38 Å². The summed E-state index contributed by atoms with van der Waals surface area (Å²) < 4.78 is 65.3. The van der Waals surface area contributed by atoms with Crippen LogP contribution in [0.2, 0.25) is 0 Å². The first-order valence-electron chi connectivity index (χ1n) is 9.99. The average molecular weight is 457 g/mol. The highest BCUT2D eigenvalue weighted by molar-refractivity contribution is 5.81. The van der Waals surface area contributed by atoms with E-state index in [2.05, 4.69) is 15.0 Å². The van der Waals surface area contributed by atoms with Gasteiger partial charge in [-0.25, -0.2) is 22.6 Å². The standard InChI is InChI=1S/C23H18F3N3O4/c1-30-20-4-2-3-19-28-22(21-15(25)10-14(33-12-24)11-16(21)26)23(29(19)20)27-13-5-6-17-18(9-13)32-8-7-31-17/h2-6,9-11,27H,7-8,12H2,1H3. The Kier molecular flexibility index (Phi) is 5.33. The van der Waals surface area contributed by atoms with E-state index in [1.165, 1.54) is 7.11 Å². The van der Waals surface area contributed by atoms with E-state index in [4.69, 9.17) is 14.2 Å². The number of alkyl halides is 1. The third kappa shape index (κ3) is 3.73. The number of halogens is 3. The molecule has 0 amide bonds. The van der Waals surface area contributed by atoms with Crippen LogP contribution in [0.4, 0.5) is 24.7 Å². The maximum Gasteiger partial charge on any atom is 0.228 e. The lowest BCUT2D eigenvalue weighted by atomic mass is 10.1. The number of ether oxygens (including phenoxy) is 4. The van der Waals surface area contributed by atoms with Crippen molar-refractivity contribution in [3.8, 4) is 34.4 Å². The first-order chi connectivity index (χ1) is 16.1. The van der Waals surface area contributed by atoms with Gasteiger partial charge in [-0.15, -0.1) is 0 Å². The molecule has 0 bridgehead atoms. The van der Waals surface area contributed by atoms with Gasteiger partial charge in [0.1, 0.15) is 47.8 Å². The molecule has 0 saturated carbocycles. The number of aromatic nitrogens is 2. The van der Waals surface area contributed by atoms with Gasteiger partial charge in [-0.3, -0.25) is 0 Å². The van der Waals surface area contributed by atoms with Gasteiger partial charge in [0.05, 0.1) is 12.7 Å². The van der Waals surface area contributed by atoms with Crippen LogP contribution in [-0.2, 0) is 0 Å². The van der Waals surface area contributed by atoms with E-state index >= 15 is 0 Å². The summed E-state index contributed by atoms with van der Waals surface area (Å²) in [6.45, 7) is -0.343. The Morgan fingerprint density at radius 1 is 1.03 bits per heavy atom. The van der Waals surface area contributed by atoms with E-state index in [0.29, 0.717) is 41.9 Å². The van der Waals surface area contributed by atoms with E-state index in [9.17, 15) is 13.2 Å². The quantitative estimate of drug-likeness (QED) is 0.434. The number of methoxy groups -OCH3 is 1. The average Bonchev–Trinajstić information content (AvgIpc) is 3.16. The summed E-state index contributed by atoms with van der Waals surface area (Å²) in [5.41, 5.74) is 0.571. The number of nitrogens with one attached hydrogen (secondary N) is 1. The molecule has 10 heteroatoms. The predicted octanol–water partition coefficient (Wildman–Crippen LogP) is 5.11. The third-order valence-electron chi connectivity index (χ3n) is 5.10. The van der Waals surface area contributed by atoms with Gasteiger partial charge in [0.25, 0.3) is 0 Å². The monoisotopic (exact) mass is 457 g/mol. The summed E-state index contributed by atoms with van der Waals surface area (Å²) in [7, 11) is 1.48. The van der Waals surface area contributed by atoms with E-state index in [0.717, 1.165) is 12.1 Å². The Balaban J connectivity index is 1.69. The van der Waals surface area contributed by atoms with Crippen molar-refractivity contribution in [1.29, 1.82) is 0 Å². The van der Waals surface area contributed by atoms with Crippen LogP contribution in [-0.4, -0.2) is 36.6 Å². The number of pyridine rings is 1. The molecule has 170 valence electrons. The molecule has 5 rings (SSSR count). The summed E-state index contributed by atoms with van der Waals surface area (Å²) in [6, 6.07) is 12.1. The van der Waals surface area contributed by atoms with Crippen molar-refractivity contribution in [3.63, 3.8) is 0 Å². The Morgan fingerprint density at radius 2 is 1.79 bits per heavy atom. The van der Waals surface area contributed by atoms with Gasteiger partial charge >= 0.3 is 0 Å². The largest absolute Gasteiger partial charge is 0.486 e. The Bertz CT molecular complexity index is 1320. The normalized spacial score (nSPS) is 12.6. The predicted molar refractivity (Wildman–Crippen MR) is 114 cm³/mol. The number of imidazole rings is 1. The molecule has 1 N–H and O–H groups in total. The molecule has 4 aromatic rings. The fourth-order valence-electron chi connectivity index (χ4n) is 3.69. The highest BCUT2D eigenvalue weighted by Crippen LogP contribution is 2.39. The van der Waals surface area contributed by atoms with Crippen molar-refractivity contribution in [2.45, 2.75) is 0 Å². The second-order valence-corrected chi connectivity index (χ2v) is 7.07. The third-order valence-corrected chi connectivity index (χ3v) is 5.10. The Labute approximate surface area is 186 Å². The minimum absolute atomic E-state index is 0.00353. The maximum absolute atomic E-state index is 15.0. The van der Waals surface area contributed by atoms with Crippen LogP contribution in [0, 0.1) is 11.6 Å². The smallest absolute Gasteiger partial charge is 0.228 e. The zero-order valence-corrected chi connectivity index (χ0v) is 17.4. The van der Waals surface area contributed by atoms with Crippen LogP contribution in [0.3, 0.4) is 0 Å². The Morgan fingerprint density at radius 3 is 2.52 bits per heavy atom. The summed E-state index contributed by atoms with van der Waals surface area (Å²) in [6.07, 6.45) is 0. The molecular formula is C23H18F3N3O4. The molecular weight excluding hydrogens is 439 g/mol. The zero-order valence-electron chi connectivity index (χ0n) is 17.4. The van der Waals surface area contributed by atoms with Crippen LogP contribution in [0.5, 0.6) is 23.1 Å². The summed E-state index contributed by atoms with van der Waals surface area (Å²) >= 11 is 0. The van der Waals surface area contributed by atoms with Crippen LogP contribution < -0.4 is 24.3 Å². The molecule has 2 aromatic carbocycles. The number of hydrogen-bond acceptors (Lipinski definition) is 6. The summed E-state index contributed by atoms with van der Waals surface area (Å²) in [4.78, 5) is 4.44. The molecule has 0 radical (unpaired) electrons. The molecule has 0 saturated heterocycles. The number of hydrogen-bond donors (Lipinski definition) is 1. The fourth-order valence-corrected chi connectivity index (χ4v) is 3.69. The molecule has 0 atom stereocenters. The number of rotatable bonds is 6. The highest BCUT2D eigenvalue weighted by atomic mass is 19.1. The molecule has 0 unspecified atom stereocenters. The number of nitrogens with zero attached hydrogens (tertiary/aromatic N) is 2. The second kappa shape index (κ2) is 8.45. The van der Waals surface area contributed by atoms with Crippen molar-refractivity contribution in [2.75, 3.05) is 32.5 Å². The molecule has 33 heavy (non-hydrogen) atoms. The topological polar surface area (TPSA) is 66.2 Å². The van der Waals surface area contributed by atoms with Crippen molar-refractivity contribution < 1.29 is 32.1 Å². The SMILES string of the molecule is COc1cccc2nc(-c3c(F)cc(OCF)cc3F)c(Nc3ccc4c(c3)OCCO4)n12. The minimum Gasteiger partial charge on any atom is -0.486 e. The molecule has 7 nitrogen and oxygen atoms in total. The zero-order chi connectivity index (χ0) is 22.9. The fraction of sp³-hybridized carbons (Fsp3) is 0.174. The van der Waals surface area contributed by atoms with Gasteiger partial charge in [0, 0.05) is 23.9 Å². The van der Waals surface area contributed by atoms with E-state index in [-0.39, 0.29) is 17.3 Å². The van der Waals surface area contributed by atoms with Gasteiger partial charge in [-0.2, -0.15) is 0 Å². The number of anilines is 2. The molecule has 0 fully saturated rings. The van der Waals surface area contributed by atoms with Crippen molar-refractivity contribution in [2.24, 2.45) is 0 Å². The molecule has 1 aliphatic rings. The van der Waals surface area contributed by atoms with E-state index in [1.807, 2.05) is 0 Å². The number of benzene rings is 2. The first kappa shape index (κ1) is 20.8. The lowest BCUT2D eigenvalue weighted by Gasteiger charge is -2.19. The van der Waals surface area contributed by atoms with Gasteiger partial charge in [-0.05, 0) is 24.3 Å². The van der Waals surface area contributed by atoms with E-state index in [1.54, 1.807) is 40.8 Å². The lowest BCUT2D eigenvalue weighted by molar-refractivity contribution is 0.171. The molecule has 2 aromatic heterocycles. The summed E-state index contributed by atoms with van der Waals surface area (Å²) in [5.74, 6) is -0.376. The molecule has 0 aliphatic carbocycles. The number of fused-ring (bicyclic) bond motifs is 2. The first-order valence-corrected chi connectivity index (χ1v) is 9.99. The summed E-state index contributed by atoms with van der Waals surface area (Å²) in [5, 5.41) is 3.17.